The number of piperazine rings is 1. The number of aliphatic hydroxyl groups is 1. The Labute approximate surface area is 257 Å². The number of carbonyl (C=O) groups excluding carboxylic acids is 3. The average molecular weight is 604 g/mol. The van der Waals surface area contributed by atoms with Crippen LogP contribution in [0.1, 0.15) is 66.7 Å². The van der Waals surface area contributed by atoms with E-state index in [0.717, 1.165) is 44.6 Å². The first kappa shape index (κ1) is 34.6. The summed E-state index contributed by atoms with van der Waals surface area (Å²) in [6, 6.07) is 0. The van der Waals surface area contributed by atoms with Crippen molar-refractivity contribution in [3.8, 4) is 0 Å². The van der Waals surface area contributed by atoms with Gasteiger partial charge < -0.3 is 34.0 Å². The van der Waals surface area contributed by atoms with E-state index in [0.29, 0.717) is 32.5 Å². The molecule has 3 rings (SSSR count). The predicted molar refractivity (Wildman–Crippen MR) is 165 cm³/mol. The van der Waals surface area contributed by atoms with Gasteiger partial charge in [0.05, 0.1) is 6.61 Å². The Bertz CT molecular complexity index is 1030. The Kier molecular flexibility index (Phi) is 13.1. The number of likely N-dealkylation sites (tertiary alicyclic amines) is 1. The fourth-order valence-electron chi connectivity index (χ4n) is 5.54. The van der Waals surface area contributed by atoms with Crippen LogP contribution in [-0.2, 0) is 19.0 Å². The molecule has 2 saturated heterocycles. The van der Waals surface area contributed by atoms with Gasteiger partial charge >= 0.3 is 18.2 Å². The molecule has 3 heterocycles. The summed E-state index contributed by atoms with van der Waals surface area (Å²) in [5.74, 6) is -0.524. The normalized spacial score (nSPS) is 31.6. The number of carbonyl (C=O) groups is 3. The van der Waals surface area contributed by atoms with E-state index in [4.69, 9.17) is 14.2 Å². The number of amides is 2. The molecule has 0 bridgehead atoms. The molecular formula is C33H53N3O7. The summed E-state index contributed by atoms with van der Waals surface area (Å²) < 4.78 is 17.3. The van der Waals surface area contributed by atoms with Crippen molar-refractivity contribution in [1.29, 1.82) is 0 Å². The van der Waals surface area contributed by atoms with E-state index in [1.54, 1.807) is 22.8 Å². The number of cyclic esters (lactones) is 1. The lowest BCUT2D eigenvalue weighted by atomic mass is 9.87. The molecule has 0 spiro atoms. The average Bonchev–Trinajstić information content (AvgIpc) is 3.50. The van der Waals surface area contributed by atoms with E-state index < -0.39 is 23.9 Å². The SMILES string of the molecule is C/C(=C\C=C\[C@@H](C)COC(=O)N1CCCC1)[C@H]1OC(=O)C[C@@H](C)CC[C@](C)(O)[C@@H](OC(=O)N2CCN(C)CC2)/C=C/[C@@H]1C. The monoisotopic (exact) mass is 603 g/mol. The first-order valence-corrected chi connectivity index (χ1v) is 15.9. The zero-order valence-electron chi connectivity index (χ0n) is 27.0. The van der Waals surface area contributed by atoms with Gasteiger partial charge in [0.1, 0.15) is 11.7 Å². The van der Waals surface area contributed by atoms with Gasteiger partial charge in [-0.05, 0) is 64.1 Å². The topological polar surface area (TPSA) is 109 Å². The maximum Gasteiger partial charge on any atom is 0.410 e. The van der Waals surface area contributed by atoms with Crippen molar-refractivity contribution in [2.45, 2.75) is 84.5 Å². The van der Waals surface area contributed by atoms with Crippen LogP contribution in [0.3, 0.4) is 0 Å². The number of esters is 1. The Morgan fingerprint density at radius 1 is 1.09 bits per heavy atom. The van der Waals surface area contributed by atoms with Gasteiger partial charge in [0.25, 0.3) is 0 Å². The van der Waals surface area contributed by atoms with Gasteiger partial charge in [-0.2, -0.15) is 0 Å². The first-order chi connectivity index (χ1) is 20.4. The molecule has 242 valence electrons. The standard InChI is InChI=1S/C33H53N3O7/c1-24-14-15-33(5,40)28(42-32(39)36-20-18-34(6)19-21-36)13-12-27(4)30(43-29(37)22-24)26(3)11-9-10-25(2)23-41-31(38)35-16-7-8-17-35/h9-13,24-25,27-28,30,40H,7-8,14-23H2,1-6H3/b10-9+,13-12+,26-11+/t24-,25+,27-,28-,30+,33-/m0/s1. The van der Waals surface area contributed by atoms with Gasteiger partial charge in [0, 0.05) is 57.5 Å². The molecule has 0 aliphatic carbocycles. The number of nitrogens with zero attached hydrogens (tertiary/aromatic N) is 3. The second-order valence-corrected chi connectivity index (χ2v) is 13.0. The summed E-state index contributed by atoms with van der Waals surface area (Å²) in [5.41, 5.74) is -0.446. The summed E-state index contributed by atoms with van der Waals surface area (Å²) in [6.45, 7) is 14.0. The van der Waals surface area contributed by atoms with Crippen LogP contribution in [0.25, 0.3) is 0 Å². The van der Waals surface area contributed by atoms with Gasteiger partial charge in [0.15, 0.2) is 6.10 Å². The van der Waals surface area contributed by atoms with Crippen molar-refractivity contribution in [1.82, 2.24) is 14.7 Å². The molecule has 2 fully saturated rings. The summed E-state index contributed by atoms with van der Waals surface area (Å²) in [5, 5.41) is 11.4. The minimum atomic E-state index is -1.30. The van der Waals surface area contributed by atoms with Crippen LogP contribution in [0, 0.1) is 17.8 Å². The van der Waals surface area contributed by atoms with Crippen LogP contribution in [0.2, 0.25) is 0 Å². The summed E-state index contributed by atoms with van der Waals surface area (Å²) >= 11 is 0. The minimum absolute atomic E-state index is 0.0133. The molecule has 0 aromatic heterocycles. The van der Waals surface area contributed by atoms with Crippen LogP contribution >= 0.6 is 0 Å². The van der Waals surface area contributed by atoms with Crippen molar-refractivity contribution in [3.05, 3.63) is 36.0 Å². The zero-order valence-corrected chi connectivity index (χ0v) is 27.0. The first-order valence-electron chi connectivity index (χ1n) is 15.9. The Morgan fingerprint density at radius 3 is 2.42 bits per heavy atom. The predicted octanol–water partition coefficient (Wildman–Crippen LogP) is 4.79. The Hall–Kier alpha value is -2.85. The van der Waals surface area contributed by atoms with Crippen LogP contribution in [-0.4, -0.2) is 109 Å². The molecule has 1 N–H and O–H groups in total. The summed E-state index contributed by atoms with van der Waals surface area (Å²) in [6.07, 6.45) is 10.5. The molecule has 2 amide bonds. The molecule has 0 saturated carbocycles. The lowest BCUT2D eigenvalue weighted by Gasteiger charge is -2.36. The van der Waals surface area contributed by atoms with Gasteiger partial charge in [-0.1, -0.05) is 45.1 Å². The van der Waals surface area contributed by atoms with Crippen molar-refractivity contribution < 1.29 is 33.7 Å². The fraction of sp³-hybridized carbons (Fsp3) is 0.727. The van der Waals surface area contributed by atoms with Crippen molar-refractivity contribution >= 4 is 18.2 Å². The van der Waals surface area contributed by atoms with E-state index in [9.17, 15) is 19.5 Å². The molecule has 0 aromatic carbocycles. The van der Waals surface area contributed by atoms with Gasteiger partial charge in [0.2, 0.25) is 0 Å². The number of allylic oxidation sites excluding steroid dienone is 2. The highest BCUT2D eigenvalue weighted by atomic mass is 16.6. The number of hydrogen-bond donors (Lipinski definition) is 1. The molecule has 0 unspecified atom stereocenters. The lowest BCUT2D eigenvalue weighted by Crippen LogP contribution is -2.50. The molecule has 3 aliphatic rings. The van der Waals surface area contributed by atoms with E-state index in [2.05, 4.69) is 4.90 Å². The number of hydrogen-bond acceptors (Lipinski definition) is 8. The second kappa shape index (κ2) is 16.3. The van der Waals surface area contributed by atoms with Crippen molar-refractivity contribution in [3.63, 3.8) is 0 Å². The smallest absolute Gasteiger partial charge is 0.410 e. The summed E-state index contributed by atoms with van der Waals surface area (Å²) in [4.78, 5) is 43.7. The Balaban J connectivity index is 1.71. The molecule has 6 atom stereocenters. The Morgan fingerprint density at radius 2 is 1.74 bits per heavy atom. The van der Waals surface area contributed by atoms with Crippen LogP contribution in [0.4, 0.5) is 9.59 Å². The number of ether oxygens (including phenoxy) is 3. The molecule has 10 heteroatoms. The zero-order chi connectivity index (χ0) is 31.6. The quantitative estimate of drug-likeness (QED) is 0.200. The van der Waals surface area contributed by atoms with Gasteiger partial charge in [-0.25, -0.2) is 9.59 Å². The van der Waals surface area contributed by atoms with E-state index >= 15 is 0 Å². The van der Waals surface area contributed by atoms with E-state index in [1.807, 2.05) is 59.0 Å². The van der Waals surface area contributed by atoms with Crippen LogP contribution in [0.5, 0.6) is 0 Å². The third kappa shape index (κ3) is 11.0. The van der Waals surface area contributed by atoms with Gasteiger partial charge in [-0.3, -0.25) is 4.79 Å². The molecule has 10 nitrogen and oxygen atoms in total. The molecule has 0 aromatic rings. The second-order valence-electron chi connectivity index (χ2n) is 13.0. The molecule has 3 aliphatic heterocycles. The maximum absolute atomic E-state index is 13.0. The van der Waals surface area contributed by atoms with E-state index in [1.165, 1.54) is 0 Å². The molecular weight excluding hydrogens is 550 g/mol. The highest BCUT2D eigenvalue weighted by Crippen LogP contribution is 2.29. The largest absolute Gasteiger partial charge is 0.457 e. The number of rotatable bonds is 6. The number of likely N-dealkylation sites (N-methyl/N-ethyl adjacent to an activating group) is 1. The van der Waals surface area contributed by atoms with Gasteiger partial charge in [-0.15, -0.1) is 0 Å². The lowest BCUT2D eigenvalue weighted by molar-refractivity contribution is -0.150. The minimum Gasteiger partial charge on any atom is -0.457 e. The highest BCUT2D eigenvalue weighted by molar-refractivity contribution is 5.70. The third-order valence-corrected chi connectivity index (χ3v) is 8.67. The van der Waals surface area contributed by atoms with E-state index in [-0.39, 0.29) is 36.2 Å². The van der Waals surface area contributed by atoms with Crippen molar-refractivity contribution in [2.24, 2.45) is 17.8 Å². The van der Waals surface area contributed by atoms with Crippen molar-refractivity contribution in [2.75, 3.05) is 52.9 Å². The third-order valence-electron chi connectivity index (χ3n) is 8.67. The maximum atomic E-state index is 13.0. The van der Waals surface area contributed by atoms with Crippen LogP contribution in [0.15, 0.2) is 36.0 Å². The summed E-state index contributed by atoms with van der Waals surface area (Å²) in [7, 11) is 2.02. The fourth-order valence-corrected chi connectivity index (χ4v) is 5.54. The van der Waals surface area contributed by atoms with Crippen LogP contribution < -0.4 is 0 Å². The molecule has 43 heavy (non-hydrogen) atoms. The molecule has 0 radical (unpaired) electrons. The highest BCUT2D eigenvalue weighted by Gasteiger charge is 2.36.